The zero-order chi connectivity index (χ0) is 14.0. The van der Waals surface area contributed by atoms with Crippen molar-refractivity contribution in [1.82, 2.24) is 5.32 Å². The minimum absolute atomic E-state index is 0.0194. The van der Waals surface area contributed by atoms with Crippen molar-refractivity contribution in [3.8, 4) is 0 Å². The van der Waals surface area contributed by atoms with Crippen molar-refractivity contribution in [3.63, 3.8) is 0 Å². The maximum atomic E-state index is 12.3. The molecule has 1 aliphatic carbocycles. The van der Waals surface area contributed by atoms with Crippen molar-refractivity contribution >= 4 is 23.1 Å². The highest BCUT2D eigenvalue weighted by Gasteiger charge is 2.52. The number of carbonyl (C=O) groups excluding carboxylic acids is 1. The Bertz CT molecular complexity index is 504. The van der Waals surface area contributed by atoms with Gasteiger partial charge in [0.15, 0.2) is 5.84 Å². The van der Waals surface area contributed by atoms with Gasteiger partial charge in [0.1, 0.15) is 5.41 Å². The maximum Gasteiger partial charge on any atom is 0.234 e. The summed E-state index contributed by atoms with van der Waals surface area (Å²) in [6.45, 7) is 4.57. The van der Waals surface area contributed by atoms with E-state index in [0.717, 1.165) is 4.88 Å². The predicted molar refractivity (Wildman–Crippen MR) is 75.1 cm³/mol. The van der Waals surface area contributed by atoms with Gasteiger partial charge in [-0.1, -0.05) is 12.1 Å². The first kappa shape index (κ1) is 13.9. The first-order chi connectivity index (χ1) is 8.99. The van der Waals surface area contributed by atoms with Crippen LogP contribution in [0, 0.1) is 18.3 Å². The molecule has 19 heavy (non-hydrogen) atoms. The molecule has 104 valence electrons. The van der Waals surface area contributed by atoms with Crippen LogP contribution >= 0.6 is 11.3 Å². The second-order valence-electron chi connectivity index (χ2n) is 5.29. The topological polar surface area (TPSA) is 87.7 Å². The average Bonchev–Trinajstić information content (AvgIpc) is 2.76. The number of hydrogen-bond donors (Lipinski definition) is 3. The Labute approximate surface area is 116 Å². The van der Waals surface area contributed by atoms with Crippen LogP contribution in [0.4, 0.5) is 0 Å². The van der Waals surface area contributed by atoms with Crippen LogP contribution in [0.1, 0.15) is 30.2 Å². The van der Waals surface area contributed by atoms with E-state index in [9.17, 15) is 4.79 Å². The third-order valence-corrected chi connectivity index (χ3v) is 4.83. The monoisotopic (exact) mass is 281 g/mol. The summed E-state index contributed by atoms with van der Waals surface area (Å²) >= 11 is 1.62. The van der Waals surface area contributed by atoms with Crippen molar-refractivity contribution in [2.45, 2.75) is 33.2 Å². The molecule has 1 aliphatic rings. The summed E-state index contributed by atoms with van der Waals surface area (Å²) < 4.78 is 0. The van der Waals surface area contributed by atoms with Crippen LogP contribution in [0.2, 0.25) is 0 Å². The van der Waals surface area contributed by atoms with Gasteiger partial charge in [-0.25, -0.2) is 0 Å². The fourth-order valence-corrected chi connectivity index (χ4v) is 3.50. The Kier molecular flexibility index (Phi) is 3.80. The Balaban J connectivity index is 2.04. The molecule has 0 aliphatic heterocycles. The van der Waals surface area contributed by atoms with Gasteiger partial charge in [-0.2, -0.15) is 0 Å². The highest BCUT2D eigenvalue weighted by atomic mass is 32.1. The van der Waals surface area contributed by atoms with Crippen LogP contribution in [0.5, 0.6) is 0 Å². The largest absolute Gasteiger partial charge is 0.409 e. The van der Waals surface area contributed by atoms with E-state index in [0.29, 0.717) is 25.3 Å². The number of hydrogen-bond acceptors (Lipinski definition) is 4. The number of thiophene rings is 1. The molecule has 0 unspecified atom stereocenters. The van der Waals surface area contributed by atoms with Crippen molar-refractivity contribution < 1.29 is 10.0 Å². The van der Waals surface area contributed by atoms with Crippen molar-refractivity contribution in [3.05, 3.63) is 21.9 Å². The third kappa shape index (κ3) is 2.45. The molecule has 0 spiro atoms. The van der Waals surface area contributed by atoms with Crippen LogP contribution in [0.25, 0.3) is 0 Å². The summed E-state index contributed by atoms with van der Waals surface area (Å²) in [6.07, 6.45) is 1.27. The third-order valence-electron chi connectivity index (χ3n) is 3.80. The second kappa shape index (κ2) is 5.21. The lowest BCUT2D eigenvalue weighted by Crippen LogP contribution is -2.56. The highest BCUT2D eigenvalue weighted by molar-refractivity contribution is 7.10. The van der Waals surface area contributed by atoms with E-state index in [2.05, 4.69) is 17.4 Å². The number of oxime groups is 1. The van der Waals surface area contributed by atoms with Crippen LogP contribution in [-0.2, 0) is 11.3 Å². The summed E-state index contributed by atoms with van der Waals surface area (Å²) in [6, 6.07) is 2.02. The number of amidine groups is 1. The minimum atomic E-state index is -0.820. The highest BCUT2D eigenvalue weighted by Crippen LogP contribution is 2.45. The van der Waals surface area contributed by atoms with E-state index < -0.39 is 5.41 Å². The summed E-state index contributed by atoms with van der Waals surface area (Å²) in [5.74, 6) is 0.300. The quantitative estimate of drug-likeness (QED) is 0.340. The Hall–Kier alpha value is -1.56. The Morgan fingerprint density at radius 2 is 2.37 bits per heavy atom. The zero-order valence-corrected chi connectivity index (χ0v) is 12.0. The molecule has 2 rings (SSSR count). The smallest absolute Gasteiger partial charge is 0.234 e. The van der Waals surface area contributed by atoms with E-state index in [-0.39, 0.29) is 11.7 Å². The molecule has 0 atom stereocenters. The minimum Gasteiger partial charge on any atom is -0.409 e. The van der Waals surface area contributed by atoms with Gasteiger partial charge >= 0.3 is 0 Å². The van der Waals surface area contributed by atoms with Crippen molar-refractivity contribution in [2.24, 2.45) is 22.2 Å². The molecule has 1 aromatic rings. The van der Waals surface area contributed by atoms with Gasteiger partial charge < -0.3 is 16.3 Å². The van der Waals surface area contributed by atoms with Gasteiger partial charge in [-0.15, -0.1) is 11.3 Å². The SMILES string of the molecule is Cc1ccsc1CNC(=O)C1(/C(N)=N/O)CC(C)C1. The standard InChI is InChI=1S/C13H19N3O2S/c1-8-5-13(6-8,11(14)16-18)12(17)15-7-10-9(2)3-4-19-10/h3-4,8,18H,5-7H2,1-2H3,(H2,14,16)(H,15,17). The van der Waals surface area contributed by atoms with E-state index in [1.54, 1.807) is 11.3 Å². The summed E-state index contributed by atoms with van der Waals surface area (Å²) in [7, 11) is 0. The lowest BCUT2D eigenvalue weighted by atomic mass is 9.61. The van der Waals surface area contributed by atoms with E-state index in [1.807, 2.05) is 18.4 Å². The van der Waals surface area contributed by atoms with Crippen LogP contribution in [0.15, 0.2) is 16.6 Å². The summed E-state index contributed by atoms with van der Waals surface area (Å²) in [5, 5.41) is 16.8. The van der Waals surface area contributed by atoms with Crippen LogP contribution < -0.4 is 11.1 Å². The lowest BCUT2D eigenvalue weighted by molar-refractivity contribution is -0.133. The first-order valence-corrected chi connectivity index (χ1v) is 7.17. The normalized spacial score (nSPS) is 26.8. The number of nitrogens with two attached hydrogens (primary N) is 1. The van der Waals surface area contributed by atoms with Crippen molar-refractivity contribution in [1.29, 1.82) is 0 Å². The number of nitrogens with zero attached hydrogens (tertiary/aromatic N) is 1. The van der Waals surface area contributed by atoms with Gasteiger partial charge in [-0.3, -0.25) is 4.79 Å². The fraction of sp³-hybridized carbons (Fsp3) is 0.538. The molecule has 6 heteroatoms. The Morgan fingerprint density at radius 1 is 1.68 bits per heavy atom. The van der Waals surface area contributed by atoms with E-state index in [4.69, 9.17) is 10.9 Å². The molecule has 0 radical (unpaired) electrons. The average molecular weight is 281 g/mol. The van der Waals surface area contributed by atoms with Gasteiger partial charge in [0.05, 0.1) is 6.54 Å². The molecule has 1 aromatic heterocycles. The Morgan fingerprint density at radius 3 is 2.84 bits per heavy atom. The molecule has 1 saturated carbocycles. The molecule has 0 saturated heterocycles. The van der Waals surface area contributed by atoms with E-state index in [1.165, 1.54) is 5.56 Å². The molecule has 1 amide bonds. The predicted octanol–water partition coefficient (Wildman–Crippen LogP) is 1.84. The number of carbonyl (C=O) groups is 1. The molecule has 4 N–H and O–H groups in total. The van der Waals surface area contributed by atoms with Gasteiger partial charge in [0, 0.05) is 4.88 Å². The first-order valence-electron chi connectivity index (χ1n) is 6.29. The number of nitrogens with one attached hydrogen (secondary N) is 1. The lowest BCUT2D eigenvalue weighted by Gasteiger charge is -2.43. The number of aryl methyl sites for hydroxylation is 1. The molecule has 0 aromatic carbocycles. The molecule has 1 fully saturated rings. The molecule has 1 heterocycles. The van der Waals surface area contributed by atoms with Gasteiger partial charge in [-0.05, 0) is 42.7 Å². The summed E-state index contributed by atoms with van der Waals surface area (Å²) in [5.41, 5.74) is 6.05. The summed E-state index contributed by atoms with van der Waals surface area (Å²) in [4.78, 5) is 13.5. The molecular formula is C13H19N3O2S. The molecular weight excluding hydrogens is 262 g/mol. The van der Waals surface area contributed by atoms with E-state index >= 15 is 0 Å². The van der Waals surface area contributed by atoms with Crippen LogP contribution in [-0.4, -0.2) is 17.0 Å². The molecule has 5 nitrogen and oxygen atoms in total. The molecule has 0 bridgehead atoms. The number of amides is 1. The zero-order valence-electron chi connectivity index (χ0n) is 11.1. The van der Waals surface area contributed by atoms with Gasteiger partial charge in [0.25, 0.3) is 0 Å². The maximum absolute atomic E-state index is 12.3. The van der Waals surface area contributed by atoms with Crippen LogP contribution in [0.3, 0.4) is 0 Å². The van der Waals surface area contributed by atoms with Crippen molar-refractivity contribution in [2.75, 3.05) is 0 Å². The van der Waals surface area contributed by atoms with Gasteiger partial charge in [0.2, 0.25) is 5.91 Å². The second-order valence-corrected chi connectivity index (χ2v) is 6.29. The fourth-order valence-electron chi connectivity index (χ4n) is 2.65. The number of rotatable bonds is 4.